The molecular weight excluding hydrogens is 593 g/mol. The summed E-state index contributed by atoms with van der Waals surface area (Å²) >= 11 is 1.74. The van der Waals surface area contributed by atoms with Gasteiger partial charge in [0.25, 0.3) is 5.91 Å². The summed E-state index contributed by atoms with van der Waals surface area (Å²) < 4.78 is 54.2. The maximum atomic E-state index is 14.6. The highest BCUT2D eigenvalue weighted by atomic mass is 32.2. The van der Waals surface area contributed by atoms with Crippen LogP contribution in [-0.2, 0) is 9.47 Å². The molecule has 8 nitrogen and oxygen atoms in total. The van der Waals surface area contributed by atoms with Crippen molar-refractivity contribution in [1.82, 2.24) is 15.3 Å². The standard InChI is InChI=1S/C32H37F3N4O4S/c1-18-15-19(16-25(29(18)44-14-13-42-5)39-31(41)43-32(2,3)4)20-11-12-36-17-26(20)38-30(40)24-10-9-23(35)28(37-24)27-21(33)7-6-8-22(27)34/h6-12,17-19,25,29H,13-16H2,1-5H3,(H,38,40)(H,39,41). The molecule has 4 unspecified atom stereocenters. The highest BCUT2D eigenvalue weighted by molar-refractivity contribution is 8.00. The monoisotopic (exact) mass is 630 g/mol. The van der Waals surface area contributed by atoms with E-state index in [-0.39, 0.29) is 28.8 Å². The van der Waals surface area contributed by atoms with Gasteiger partial charge in [-0.2, -0.15) is 11.8 Å². The van der Waals surface area contributed by atoms with Crippen LogP contribution in [0.2, 0.25) is 0 Å². The quantitative estimate of drug-likeness (QED) is 0.246. The molecule has 0 spiro atoms. The second kappa shape index (κ2) is 14.4. The third kappa shape index (κ3) is 8.29. The van der Waals surface area contributed by atoms with E-state index in [1.807, 2.05) is 6.07 Å². The molecule has 0 radical (unpaired) electrons. The molecule has 2 aromatic heterocycles. The molecule has 236 valence electrons. The predicted octanol–water partition coefficient (Wildman–Crippen LogP) is 6.97. The van der Waals surface area contributed by atoms with Gasteiger partial charge in [0.15, 0.2) is 0 Å². The van der Waals surface area contributed by atoms with Crippen LogP contribution in [0.1, 0.15) is 62.5 Å². The normalized spacial score (nSPS) is 20.2. The number of methoxy groups -OCH3 is 1. The molecule has 2 amide bonds. The number of pyridine rings is 2. The zero-order valence-electron chi connectivity index (χ0n) is 25.3. The van der Waals surface area contributed by atoms with Crippen LogP contribution in [0.3, 0.4) is 0 Å². The molecule has 4 rings (SSSR count). The van der Waals surface area contributed by atoms with E-state index < -0.39 is 46.3 Å². The fourth-order valence-corrected chi connectivity index (χ4v) is 6.82. The van der Waals surface area contributed by atoms with Crippen LogP contribution in [0.15, 0.2) is 48.8 Å². The first-order valence-electron chi connectivity index (χ1n) is 14.3. The summed E-state index contributed by atoms with van der Waals surface area (Å²) in [5.41, 5.74) is -0.916. The molecule has 1 aliphatic rings. The Morgan fingerprint density at radius 3 is 2.45 bits per heavy atom. The average molecular weight is 631 g/mol. The number of alkyl carbamates (subject to hydrolysis) is 1. The van der Waals surface area contributed by atoms with Crippen LogP contribution in [0.5, 0.6) is 0 Å². The molecule has 0 bridgehead atoms. The van der Waals surface area contributed by atoms with Gasteiger partial charge in [-0.15, -0.1) is 0 Å². The molecule has 12 heteroatoms. The van der Waals surface area contributed by atoms with Gasteiger partial charge in [0.2, 0.25) is 0 Å². The molecule has 1 saturated carbocycles. The van der Waals surface area contributed by atoms with Crippen molar-refractivity contribution in [2.24, 2.45) is 5.92 Å². The molecular formula is C32H37F3N4O4S. The van der Waals surface area contributed by atoms with Gasteiger partial charge >= 0.3 is 6.09 Å². The molecule has 1 aromatic carbocycles. The second-order valence-electron chi connectivity index (χ2n) is 11.8. The number of nitrogens with one attached hydrogen (secondary N) is 2. The van der Waals surface area contributed by atoms with E-state index >= 15 is 0 Å². The number of thioether (sulfide) groups is 1. The summed E-state index contributed by atoms with van der Waals surface area (Å²) in [6, 6.07) is 6.82. The van der Waals surface area contributed by atoms with Gasteiger partial charge in [-0.3, -0.25) is 9.78 Å². The summed E-state index contributed by atoms with van der Waals surface area (Å²) in [6.45, 7) is 8.13. The van der Waals surface area contributed by atoms with Crippen LogP contribution >= 0.6 is 11.8 Å². The summed E-state index contributed by atoms with van der Waals surface area (Å²) in [7, 11) is 1.65. The molecule has 1 aliphatic carbocycles. The zero-order chi connectivity index (χ0) is 32.0. The number of carbonyl (C=O) groups excluding carboxylic acids is 2. The number of ether oxygens (including phenoxy) is 2. The van der Waals surface area contributed by atoms with E-state index in [4.69, 9.17) is 9.47 Å². The highest BCUT2D eigenvalue weighted by Crippen LogP contribution is 2.43. The van der Waals surface area contributed by atoms with Gasteiger partial charge in [-0.1, -0.05) is 13.0 Å². The third-order valence-corrected chi connectivity index (χ3v) is 8.85. The van der Waals surface area contributed by atoms with Crippen molar-refractivity contribution in [3.05, 3.63) is 77.5 Å². The highest BCUT2D eigenvalue weighted by Gasteiger charge is 2.39. The van der Waals surface area contributed by atoms with Crippen molar-refractivity contribution in [1.29, 1.82) is 0 Å². The maximum absolute atomic E-state index is 14.6. The number of benzene rings is 1. The topological polar surface area (TPSA) is 102 Å². The molecule has 4 atom stereocenters. The second-order valence-corrected chi connectivity index (χ2v) is 13.1. The van der Waals surface area contributed by atoms with Crippen molar-refractivity contribution in [3.8, 4) is 11.3 Å². The number of hydrogen-bond acceptors (Lipinski definition) is 7. The largest absolute Gasteiger partial charge is 0.444 e. The van der Waals surface area contributed by atoms with Crippen molar-refractivity contribution < 1.29 is 32.2 Å². The molecule has 2 heterocycles. The van der Waals surface area contributed by atoms with Gasteiger partial charge in [0, 0.05) is 30.4 Å². The van der Waals surface area contributed by atoms with Crippen LogP contribution in [0, 0.1) is 23.4 Å². The lowest BCUT2D eigenvalue weighted by molar-refractivity contribution is 0.0485. The first-order chi connectivity index (χ1) is 20.9. The summed E-state index contributed by atoms with van der Waals surface area (Å²) in [4.78, 5) is 34.3. The van der Waals surface area contributed by atoms with E-state index in [0.717, 1.165) is 48.1 Å². The minimum absolute atomic E-state index is 0.0632. The fourth-order valence-electron chi connectivity index (χ4n) is 5.44. The van der Waals surface area contributed by atoms with Gasteiger partial charge in [-0.05, 0) is 81.3 Å². The number of anilines is 1. The van der Waals surface area contributed by atoms with Crippen LogP contribution in [0.4, 0.5) is 23.7 Å². The SMILES string of the molecule is COCCSC1C(C)CC(c2ccncc2NC(=O)c2ccc(F)c(-c3c(F)cccc3F)n2)CC1NC(=O)OC(C)(C)C. The molecule has 0 aliphatic heterocycles. The first-order valence-corrected chi connectivity index (χ1v) is 15.4. The predicted molar refractivity (Wildman–Crippen MR) is 164 cm³/mol. The Hall–Kier alpha value is -3.64. The number of nitrogens with zero attached hydrogens (tertiary/aromatic N) is 2. The summed E-state index contributed by atoms with van der Waals surface area (Å²) in [5, 5.41) is 5.98. The van der Waals surface area contributed by atoms with Crippen molar-refractivity contribution in [2.45, 2.75) is 63.3 Å². The van der Waals surface area contributed by atoms with Gasteiger partial charge < -0.3 is 20.1 Å². The molecule has 1 fully saturated rings. The number of hydrogen-bond donors (Lipinski definition) is 2. The summed E-state index contributed by atoms with van der Waals surface area (Å²) in [5.74, 6) is -2.77. The number of halogens is 3. The fraction of sp³-hybridized carbons (Fsp3) is 0.438. The lowest BCUT2D eigenvalue weighted by Gasteiger charge is -2.41. The van der Waals surface area contributed by atoms with E-state index in [9.17, 15) is 22.8 Å². The van der Waals surface area contributed by atoms with E-state index in [1.54, 1.807) is 45.8 Å². The molecule has 0 saturated heterocycles. The van der Waals surface area contributed by atoms with Gasteiger partial charge in [0.1, 0.15) is 34.4 Å². The van der Waals surface area contributed by atoms with Crippen LogP contribution in [0.25, 0.3) is 11.3 Å². The number of carbonyl (C=O) groups is 2. The Kier molecular flexibility index (Phi) is 10.9. The minimum atomic E-state index is -0.997. The summed E-state index contributed by atoms with van der Waals surface area (Å²) in [6.07, 6.45) is 3.98. The minimum Gasteiger partial charge on any atom is -0.444 e. The van der Waals surface area contributed by atoms with E-state index in [1.165, 1.54) is 6.20 Å². The number of rotatable bonds is 9. The van der Waals surface area contributed by atoms with Crippen LogP contribution < -0.4 is 10.6 Å². The smallest absolute Gasteiger partial charge is 0.407 e. The Labute approximate surface area is 259 Å². The Morgan fingerprint density at radius 2 is 1.77 bits per heavy atom. The Morgan fingerprint density at radius 1 is 1.05 bits per heavy atom. The molecule has 2 N–H and O–H groups in total. The lowest BCUT2D eigenvalue weighted by atomic mass is 9.75. The Balaban J connectivity index is 1.58. The number of aromatic nitrogens is 2. The first kappa shape index (κ1) is 33.3. The maximum Gasteiger partial charge on any atom is 0.407 e. The van der Waals surface area contributed by atoms with E-state index in [2.05, 4.69) is 27.5 Å². The van der Waals surface area contributed by atoms with Crippen molar-refractivity contribution in [3.63, 3.8) is 0 Å². The van der Waals surface area contributed by atoms with Gasteiger partial charge in [0.05, 0.1) is 24.1 Å². The van der Waals surface area contributed by atoms with Crippen molar-refractivity contribution >= 4 is 29.4 Å². The van der Waals surface area contributed by atoms with E-state index in [0.29, 0.717) is 18.7 Å². The third-order valence-electron chi connectivity index (χ3n) is 7.27. The van der Waals surface area contributed by atoms with Crippen LogP contribution in [-0.4, -0.2) is 58.3 Å². The Bertz CT molecular complexity index is 1470. The zero-order valence-corrected chi connectivity index (χ0v) is 26.1. The van der Waals surface area contributed by atoms with Gasteiger partial charge in [-0.25, -0.2) is 22.9 Å². The molecule has 44 heavy (non-hydrogen) atoms. The molecule has 3 aromatic rings. The number of amides is 2. The average Bonchev–Trinajstić information content (AvgIpc) is 2.94. The van der Waals surface area contributed by atoms with Crippen molar-refractivity contribution in [2.75, 3.05) is 24.8 Å². The lowest BCUT2D eigenvalue weighted by Crippen LogP contribution is -2.50.